The lowest BCUT2D eigenvalue weighted by Gasteiger charge is -2.09. The maximum absolute atomic E-state index is 12.7. The molecular formula is C7H2BrClF4. The highest BCUT2D eigenvalue weighted by Gasteiger charge is 2.34. The molecule has 0 aliphatic carbocycles. The minimum Gasteiger partial charge on any atom is -0.206 e. The van der Waals surface area contributed by atoms with Crippen molar-refractivity contribution in [1.82, 2.24) is 0 Å². The van der Waals surface area contributed by atoms with Gasteiger partial charge in [0.2, 0.25) is 0 Å². The summed E-state index contributed by atoms with van der Waals surface area (Å²) in [4.78, 5) is 0. The predicted molar refractivity (Wildman–Crippen MR) is 44.1 cm³/mol. The Hall–Kier alpha value is -0.290. The van der Waals surface area contributed by atoms with Crippen LogP contribution in [0.15, 0.2) is 16.6 Å². The molecule has 0 spiro atoms. The van der Waals surface area contributed by atoms with Crippen molar-refractivity contribution in [2.24, 2.45) is 0 Å². The van der Waals surface area contributed by atoms with E-state index in [1.807, 2.05) is 0 Å². The first-order valence-electron chi connectivity index (χ1n) is 3.04. The van der Waals surface area contributed by atoms with Gasteiger partial charge in [-0.05, 0) is 28.1 Å². The average molecular weight is 277 g/mol. The summed E-state index contributed by atoms with van der Waals surface area (Å²) < 4.78 is 48.6. The summed E-state index contributed by atoms with van der Waals surface area (Å²) in [5, 5.41) is -0.284. The Morgan fingerprint density at radius 3 is 2.23 bits per heavy atom. The summed E-state index contributed by atoms with van der Waals surface area (Å²) in [6.07, 6.45) is -4.61. The first kappa shape index (κ1) is 10.8. The molecule has 0 N–H and O–H groups in total. The number of rotatable bonds is 0. The Labute approximate surface area is 84.6 Å². The minimum atomic E-state index is -4.61. The Kier molecular flexibility index (Phi) is 2.87. The van der Waals surface area contributed by atoms with Crippen LogP contribution in [-0.4, -0.2) is 0 Å². The highest BCUT2D eigenvalue weighted by atomic mass is 79.9. The molecule has 1 aromatic rings. The third-order valence-corrected chi connectivity index (χ3v) is 2.32. The molecule has 0 atom stereocenters. The van der Waals surface area contributed by atoms with E-state index < -0.39 is 22.0 Å². The normalized spacial score (nSPS) is 11.8. The van der Waals surface area contributed by atoms with E-state index in [1.54, 1.807) is 0 Å². The van der Waals surface area contributed by atoms with Gasteiger partial charge in [0.05, 0.1) is 10.0 Å². The van der Waals surface area contributed by atoms with E-state index in [-0.39, 0.29) is 5.02 Å². The van der Waals surface area contributed by atoms with Crippen LogP contribution in [0, 0.1) is 5.82 Å². The lowest BCUT2D eigenvalue weighted by molar-refractivity contribution is -0.138. The zero-order valence-electron chi connectivity index (χ0n) is 5.92. The quantitative estimate of drug-likeness (QED) is 0.491. The summed E-state index contributed by atoms with van der Waals surface area (Å²) >= 11 is 7.76. The fourth-order valence-electron chi connectivity index (χ4n) is 0.762. The van der Waals surface area contributed by atoms with Crippen LogP contribution in [0.2, 0.25) is 5.02 Å². The molecule has 0 bridgehead atoms. The van der Waals surface area contributed by atoms with Gasteiger partial charge in [-0.3, -0.25) is 0 Å². The minimum absolute atomic E-state index is 0.284. The third kappa shape index (κ3) is 2.34. The predicted octanol–water partition coefficient (Wildman–Crippen LogP) is 4.26. The zero-order valence-corrected chi connectivity index (χ0v) is 8.26. The molecule has 1 rings (SSSR count). The van der Waals surface area contributed by atoms with Crippen LogP contribution in [0.5, 0.6) is 0 Å². The van der Waals surface area contributed by atoms with E-state index in [9.17, 15) is 17.6 Å². The second-order valence-corrected chi connectivity index (χ2v) is 3.48. The molecule has 0 amide bonds. The highest BCUT2D eigenvalue weighted by molar-refractivity contribution is 9.10. The first-order valence-corrected chi connectivity index (χ1v) is 4.21. The van der Waals surface area contributed by atoms with Gasteiger partial charge in [-0.15, -0.1) is 0 Å². The van der Waals surface area contributed by atoms with E-state index in [1.165, 1.54) is 0 Å². The number of halogens is 6. The molecule has 0 saturated heterocycles. The largest absolute Gasteiger partial charge is 0.417 e. The summed E-state index contributed by atoms with van der Waals surface area (Å²) in [6.45, 7) is 0. The monoisotopic (exact) mass is 276 g/mol. The van der Waals surface area contributed by atoms with Crippen LogP contribution in [0.1, 0.15) is 5.56 Å². The molecule has 0 aliphatic heterocycles. The van der Waals surface area contributed by atoms with Gasteiger partial charge in [-0.1, -0.05) is 11.6 Å². The molecule has 0 aromatic heterocycles. The molecule has 0 radical (unpaired) electrons. The molecule has 0 heterocycles. The fraction of sp³-hybridized carbons (Fsp3) is 0.143. The number of benzene rings is 1. The molecule has 72 valence electrons. The Morgan fingerprint density at radius 2 is 1.77 bits per heavy atom. The maximum Gasteiger partial charge on any atom is 0.417 e. The molecule has 0 fully saturated rings. The van der Waals surface area contributed by atoms with E-state index in [0.717, 1.165) is 6.07 Å². The van der Waals surface area contributed by atoms with E-state index in [0.29, 0.717) is 6.07 Å². The molecule has 0 nitrogen and oxygen atoms in total. The molecular weight excluding hydrogens is 275 g/mol. The standard InChI is InChI=1S/C7H2BrClF4/c8-6-4(7(11,12)13)1-3(9)2-5(6)10/h1-2H. The van der Waals surface area contributed by atoms with Crippen LogP contribution >= 0.6 is 27.5 Å². The van der Waals surface area contributed by atoms with Gasteiger partial charge in [0, 0.05) is 5.02 Å². The summed E-state index contributed by atoms with van der Waals surface area (Å²) in [5.41, 5.74) is -1.11. The lowest BCUT2D eigenvalue weighted by atomic mass is 10.2. The number of alkyl halides is 3. The summed E-state index contributed by atoms with van der Waals surface area (Å²) in [7, 11) is 0. The maximum atomic E-state index is 12.7. The van der Waals surface area contributed by atoms with Gasteiger partial charge in [0.1, 0.15) is 5.82 Å². The highest BCUT2D eigenvalue weighted by Crippen LogP contribution is 2.37. The topological polar surface area (TPSA) is 0 Å². The number of hydrogen-bond acceptors (Lipinski definition) is 0. The Bertz CT molecular complexity index is 334. The second-order valence-electron chi connectivity index (χ2n) is 2.25. The first-order chi connectivity index (χ1) is 5.82. The summed E-state index contributed by atoms with van der Waals surface area (Å²) in [6, 6.07) is 1.47. The molecule has 13 heavy (non-hydrogen) atoms. The van der Waals surface area contributed by atoms with E-state index in [4.69, 9.17) is 11.6 Å². The van der Waals surface area contributed by atoms with Gasteiger partial charge in [-0.2, -0.15) is 13.2 Å². The van der Waals surface area contributed by atoms with Crippen molar-refractivity contribution in [3.8, 4) is 0 Å². The van der Waals surface area contributed by atoms with Gasteiger partial charge >= 0.3 is 6.18 Å². The lowest BCUT2D eigenvalue weighted by Crippen LogP contribution is -2.07. The smallest absolute Gasteiger partial charge is 0.206 e. The average Bonchev–Trinajstić information content (AvgIpc) is 1.94. The number of hydrogen-bond donors (Lipinski definition) is 0. The van der Waals surface area contributed by atoms with Crippen molar-refractivity contribution in [3.05, 3.63) is 33.0 Å². The SMILES string of the molecule is Fc1cc(Cl)cc(C(F)(F)F)c1Br. The van der Waals surface area contributed by atoms with Crippen molar-refractivity contribution < 1.29 is 17.6 Å². The van der Waals surface area contributed by atoms with E-state index in [2.05, 4.69) is 15.9 Å². The van der Waals surface area contributed by atoms with Crippen LogP contribution in [-0.2, 0) is 6.18 Å². The van der Waals surface area contributed by atoms with Crippen LogP contribution in [0.3, 0.4) is 0 Å². The van der Waals surface area contributed by atoms with Crippen LogP contribution in [0.4, 0.5) is 17.6 Å². The van der Waals surface area contributed by atoms with Gasteiger partial charge < -0.3 is 0 Å². The summed E-state index contributed by atoms with van der Waals surface area (Å²) in [5.74, 6) is -1.03. The molecule has 1 aromatic carbocycles. The van der Waals surface area contributed by atoms with Gasteiger partial charge in [0.25, 0.3) is 0 Å². The Morgan fingerprint density at radius 1 is 1.23 bits per heavy atom. The van der Waals surface area contributed by atoms with Crippen molar-refractivity contribution in [3.63, 3.8) is 0 Å². The third-order valence-electron chi connectivity index (χ3n) is 1.30. The van der Waals surface area contributed by atoms with Crippen molar-refractivity contribution in [1.29, 1.82) is 0 Å². The molecule has 0 unspecified atom stereocenters. The van der Waals surface area contributed by atoms with Crippen LogP contribution in [0.25, 0.3) is 0 Å². The molecule has 6 heteroatoms. The van der Waals surface area contributed by atoms with Crippen molar-refractivity contribution >= 4 is 27.5 Å². The van der Waals surface area contributed by atoms with Crippen molar-refractivity contribution in [2.45, 2.75) is 6.18 Å². The fourth-order valence-corrected chi connectivity index (χ4v) is 1.42. The second kappa shape index (κ2) is 3.46. The van der Waals surface area contributed by atoms with E-state index >= 15 is 0 Å². The van der Waals surface area contributed by atoms with Crippen molar-refractivity contribution in [2.75, 3.05) is 0 Å². The van der Waals surface area contributed by atoms with Crippen LogP contribution < -0.4 is 0 Å². The molecule has 0 aliphatic rings. The van der Waals surface area contributed by atoms with Gasteiger partial charge in [0.15, 0.2) is 0 Å². The zero-order chi connectivity index (χ0) is 10.2. The molecule has 0 saturated carbocycles. The Balaban J connectivity index is 3.37. The van der Waals surface area contributed by atoms with Gasteiger partial charge in [-0.25, -0.2) is 4.39 Å².